The molecule has 3 fully saturated rings. The van der Waals surface area contributed by atoms with Gasteiger partial charge >= 0.3 is 0 Å². The predicted molar refractivity (Wildman–Crippen MR) is 121 cm³/mol. The molecule has 6 atom stereocenters. The van der Waals surface area contributed by atoms with Crippen LogP contribution in [0.3, 0.4) is 0 Å². The van der Waals surface area contributed by atoms with Crippen LogP contribution < -0.4 is 10.1 Å². The molecule has 0 spiro atoms. The number of ether oxygens (including phenoxy) is 1. The maximum Gasteiger partial charge on any atom is 0.244 e. The van der Waals surface area contributed by atoms with Gasteiger partial charge in [-0.1, -0.05) is 28.1 Å². The maximum absolute atomic E-state index is 13.0. The minimum Gasteiger partial charge on any atom is -0.457 e. The Morgan fingerprint density at radius 1 is 0.906 bits per heavy atom. The Hall–Kier alpha value is -2.93. The highest BCUT2D eigenvalue weighted by atomic mass is 79.9. The van der Waals surface area contributed by atoms with Crippen LogP contribution in [-0.2, 0) is 14.4 Å². The van der Waals surface area contributed by atoms with Crippen LogP contribution in [0.2, 0.25) is 0 Å². The van der Waals surface area contributed by atoms with Gasteiger partial charge in [0.15, 0.2) is 0 Å². The zero-order valence-electron chi connectivity index (χ0n) is 17.1. The topological polar surface area (TPSA) is 75.7 Å². The van der Waals surface area contributed by atoms with Gasteiger partial charge in [0, 0.05) is 10.2 Å². The van der Waals surface area contributed by atoms with Crippen molar-refractivity contribution < 1.29 is 19.1 Å². The number of allylic oxidation sites excluding steroid dienone is 2. The van der Waals surface area contributed by atoms with Crippen LogP contribution >= 0.6 is 15.9 Å². The highest BCUT2D eigenvalue weighted by Gasteiger charge is 2.67. The van der Waals surface area contributed by atoms with E-state index in [0.717, 1.165) is 10.9 Å². The monoisotopic (exact) mass is 492 g/mol. The van der Waals surface area contributed by atoms with Crippen LogP contribution in [0.25, 0.3) is 0 Å². The van der Waals surface area contributed by atoms with Gasteiger partial charge in [0.05, 0.1) is 11.8 Å². The van der Waals surface area contributed by atoms with Crippen molar-refractivity contribution >= 4 is 39.3 Å². The van der Waals surface area contributed by atoms with Crippen molar-refractivity contribution in [3.63, 3.8) is 0 Å². The van der Waals surface area contributed by atoms with E-state index in [-0.39, 0.29) is 47.9 Å². The summed E-state index contributed by atoms with van der Waals surface area (Å²) in [6.45, 7) is -0.239. The number of benzene rings is 2. The van der Waals surface area contributed by atoms with Crippen LogP contribution in [0.1, 0.15) is 6.42 Å². The number of hydrogen-bond donors (Lipinski definition) is 1. The number of rotatable bonds is 5. The maximum atomic E-state index is 13.0. The first kappa shape index (κ1) is 19.7. The van der Waals surface area contributed by atoms with Crippen molar-refractivity contribution in [2.24, 2.45) is 35.5 Å². The molecule has 1 N–H and O–H groups in total. The highest BCUT2D eigenvalue weighted by Crippen LogP contribution is 2.65. The van der Waals surface area contributed by atoms with Crippen LogP contribution in [-0.4, -0.2) is 29.2 Å². The molecule has 5 aliphatic rings. The van der Waals surface area contributed by atoms with Gasteiger partial charge in [0.2, 0.25) is 17.7 Å². The number of nitrogens with one attached hydrogen (secondary N) is 1. The Labute approximate surface area is 193 Å². The van der Waals surface area contributed by atoms with Gasteiger partial charge in [-0.15, -0.1) is 0 Å². The van der Waals surface area contributed by atoms with E-state index in [1.165, 1.54) is 4.90 Å². The van der Waals surface area contributed by atoms with E-state index < -0.39 is 0 Å². The minimum absolute atomic E-state index is 0.165. The molecule has 2 aromatic rings. The molecule has 4 aliphatic carbocycles. The molecule has 0 aromatic heterocycles. The van der Waals surface area contributed by atoms with E-state index >= 15 is 0 Å². The fourth-order valence-electron chi connectivity index (χ4n) is 5.76. The molecule has 3 amide bonds. The smallest absolute Gasteiger partial charge is 0.244 e. The highest BCUT2D eigenvalue weighted by molar-refractivity contribution is 9.10. The standard InChI is InChI=1S/C25H21BrN2O4/c26-13-1-5-15(6-2-13)32-16-7-3-14(4-8-16)27-21(29)12-28-24(30)22-17-9-10-18(20-11-19(17)20)23(22)25(28)31/h1-10,17-20,22-23H,11-12H2,(H,27,29)/t17-,18-,19-,20-,22-,23+/m1/s1. The number of anilines is 1. The van der Waals surface area contributed by atoms with Crippen molar-refractivity contribution in [1.82, 2.24) is 4.90 Å². The van der Waals surface area contributed by atoms with Gasteiger partial charge in [-0.25, -0.2) is 0 Å². The zero-order chi connectivity index (χ0) is 22.0. The molecule has 2 saturated carbocycles. The largest absolute Gasteiger partial charge is 0.457 e. The van der Waals surface area contributed by atoms with Gasteiger partial charge in [-0.05, 0) is 78.6 Å². The summed E-state index contributed by atoms with van der Waals surface area (Å²) in [5, 5.41) is 2.78. The minimum atomic E-state index is -0.377. The summed E-state index contributed by atoms with van der Waals surface area (Å²) in [7, 11) is 0. The second kappa shape index (κ2) is 7.30. The van der Waals surface area contributed by atoms with Crippen molar-refractivity contribution in [2.75, 3.05) is 11.9 Å². The van der Waals surface area contributed by atoms with E-state index in [4.69, 9.17) is 4.74 Å². The summed E-state index contributed by atoms with van der Waals surface area (Å²) in [4.78, 5) is 39.8. The van der Waals surface area contributed by atoms with Crippen LogP contribution in [0.15, 0.2) is 65.2 Å². The summed E-state index contributed by atoms with van der Waals surface area (Å²) in [5.41, 5.74) is 0.581. The predicted octanol–water partition coefficient (Wildman–Crippen LogP) is 4.23. The molecule has 1 saturated heterocycles. The molecule has 7 heteroatoms. The van der Waals surface area contributed by atoms with Gasteiger partial charge in [0.25, 0.3) is 0 Å². The molecular formula is C25H21BrN2O4. The normalized spacial score (nSPS) is 31.3. The molecule has 1 aliphatic heterocycles. The lowest BCUT2D eigenvalue weighted by Crippen LogP contribution is -2.40. The van der Waals surface area contributed by atoms with Gasteiger partial charge in [-0.3, -0.25) is 19.3 Å². The number of imide groups is 1. The van der Waals surface area contributed by atoms with E-state index in [0.29, 0.717) is 29.0 Å². The third-order valence-corrected chi connectivity index (χ3v) is 7.77. The average molecular weight is 493 g/mol. The van der Waals surface area contributed by atoms with Crippen LogP contribution in [0, 0.1) is 35.5 Å². The first-order chi connectivity index (χ1) is 15.5. The quantitative estimate of drug-likeness (QED) is 0.500. The van der Waals surface area contributed by atoms with Gasteiger partial charge in [-0.2, -0.15) is 0 Å². The van der Waals surface area contributed by atoms with Gasteiger partial charge < -0.3 is 10.1 Å². The molecule has 162 valence electrons. The number of carbonyl (C=O) groups is 3. The van der Waals surface area contributed by atoms with E-state index in [1.54, 1.807) is 24.3 Å². The van der Waals surface area contributed by atoms with Crippen molar-refractivity contribution in [1.29, 1.82) is 0 Å². The van der Waals surface area contributed by atoms with Gasteiger partial charge in [0.1, 0.15) is 18.0 Å². The number of amides is 3. The summed E-state index contributed by atoms with van der Waals surface area (Å²) < 4.78 is 6.75. The molecule has 6 nitrogen and oxygen atoms in total. The van der Waals surface area contributed by atoms with E-state index in [2.05, 4.69) is 33.4 Å². The number of nitrogens with zero attached hydrogens (tertiary/aromatic N) is 1. The van der Waals surface area contributed by atoms with Crippen LogP contribution in [0.4, 0.5) is 5.69 Å². The molecule has 0 unspecified atom stereocenters. The van der Waals surface area contributed by atoms with Crippen LogP contribution in [0.5, 0.6) is 11.5 Å². The van der Waals surface area contributed by atoms with Crippen molar-refractivity contribution in [2.45, 2.75) is 6.42 Å². The summed E-state index contributed by atoms with van der Waals surface area (Å²) >= 11 is 3.39. The second-order valence-corrected chi connectivity index (χ2v) is 9.96. The second-order valence-electron chi connectivity index (χ2n) is 9.05. The lowest BCUT2D eigenvalue weighted by molar-refractivity contribution is -0.142. The SMILES string of the molecule is O=C(CN1C(=O)[C@@H]2[C@@H]3C=C[C@H]([C@H]4C[C@H]34)[C@@H]2C1=O)Nc1ccc(Oc2ccc(Br)cc2)cc1. The van der Waals surface area contributed by atoms with Crippen molar-refractivity contribution in [3.8, 4) is 11.5 Å². The number of hydrogen-bond acceptors (Lipinski definition) is 4. The number of likely N-dealkylation sites (tertiary alicyclic amines) is 1. The molecule has 7 rings (SSSR count). The summed E-state index contributed by atoms with van der Waals surface area (Å²) in [6.07, 6.45) is 5.39. The Bertz CT molecular complexity index is 1110. The molecule has 1 heterocycles. The molecule has 0 radical (unpaired) electrons. The number of carbonyl (C=O) groups excluding carboxylic acids is 3. The first-order valence-corrected chi connectivity index (χ1v) is 11.7. The van der Waals surface area contributed by atoms with Crippen molar-refractivity contribution in [3.05, 3.63) is 65.2 Å². The lowest BCUT2D eigenvalue weighted by Gasteiger charge is -2.37. The molecular weight excluding hydrogens is 472 g/mol. The molecule has 32 heavy (non-hydrogen) atoms. The zero-order valence-corrected chi connectivity index (χ0v) is 18.7. The fourth-order valence-corrected chi connectivity index (χ4v) is 6.03. The number of halogens is 1. The fraction of sp³-hybridized carbons (Fsp3) is 0.320. The first-order valence-electron chi connectivity index (χ1n) is 10.9. The lowest BCUT2D eigenvalue weighted by atomic mass is 9.63. The Morgan fingerprint density at radius 2 is 1.44 bits per heavy atom. The van der Waals surface area contributed by atoms with E-state index in [1.807, 2.05) is 24.3 Å². The average Bonchev–Trinajstić information content (AvgIpc) is 3.58. The summed E-state index contributed by atoms with van der Waals surface area (Å²) in [6, 6.07) is 14.5. The Kier molecular flexibility index (Phi) is 4.50. The third-order valence-electron chi connectivity index (χ3n) is 7.24. The third kappa shape index (κ3) is 3.18. The van der Waals surface area contributed by atoms with E-state index in [9.17, 15) is 14.4 Å². The Morgan fingerprint density at radius 3 is 2.00 bits per heavy atom. The Balaban J connectivity index is 1.09. The molecule has 2 aromatic carbocycles. The summed E-state index contributed by atoms with van der Waals surface area (Å²) in [5.74, 6) is 1.49. The molecule has 2 bridgehead atoms.